The van der Waals surface area contributed by atoms with Crippen molar-refractivity contribution in [3.63, 3.8) is 0 Å². The summed E-state index contributed by atoms with van der Waals surface area (Å²) in [6.07, 6.45) is 0. The number of fused-ring (bicyclic) bond motifs is 2. The quantitative estimate of drug-likeness (QED) is 0.837. The van der Waals surface area contributed by atoms with E-state index < -0.39 is 0 Å². The monoisotopic (exact) mass is 323 g/mol. The van der Waals surface area contributed by atoms with E-state index in [2.05, 4.69) is 35.2 Å². The molecule has 5 nitrogen and oxygen atoms in total. The van der Waals surface area contributed by atoms with Crippen LogP contribution in [-0.2, 0) is 16.1 Å². The van der Waals surface area contributed by atoms with Crippen molar-refractivity contribution in [2.24, 2.45) is 0 Å². The fraction of sp³-hybridized carbons (Fsp3) is 0.368. The average molecular weight is 323 g/mol. The van der Waals surface area contributed by atoms with E-state index in [0.29, 0.717) is 13.1 Å². The van der Waals surface area contributed by atoms with Gasteiger partial charge in [0.05, 0.1) is 6.54 Å². The molecular weight excluding hydrogens is 302 g/mol. The lowest BCUT2D eigenvalue weighted by Crippen LogP contribution is -2.65. The Bertz CT molecular complexity index is 804. The lowest BCUT2D eigenvalue weighted by Gasteiger charge is -2.45. The van der Waals surface area contributed by atoms with Gasteiger partial charge in [-0.3, -0.25) is 14.5 Å². The SMILES string of the molecule is CN1CC(=O)N2CCN(Cc3ccc4ccccc4c3)CC2C1=O. The number of hydrogen-bond donors (Lipinski definition) is 0. The molecule has 2 amide bonds. The van der Waals surface area contributed by atoms with Gasteiger partial charge in [0.15, 0.2) is 0 Å². The molecule has 0 N–H and O–H groups in total. The molecule has 124 valence electrons. The van der Waals surface area contributed by atoms with Crippen molar-refractivity contribution in [3.8, 4) is 0 Å². The van der Waals surface area contributed by atoms with Crippen LogP contribution in [0.25, 0.3) is 10.8 Å². The van der Waals surface area contributed by atoms with E-state index in [1.165, 1.54) is 16.3 Å². The number of nitrogens with zero attached hydrogens (tertiary/aromatic N) is 3. The topological polar surface area (TPSA) is 43.9 Å². The Hall–Kier alpha value is -2.40. The zero-order valence-electron chi connectivity index (χ0n) is 13.8. The maximum atomic E-state index is 12.4. The number of benzene rings is 2. The first-order chi connectivity index (χ1) is 11.6. The van der Waals surface area contributed by atoms with E-state index in [-0.39, 0.29) is 24.4 Å². The summed E-state index contributed by atoms with van der Waals surface area (Å²) in [4.78, 5) is 30.1. The third-order valence-corrected chi connectivity index (χ3v) is 5.04. The van der Waals surface area contributed by atoms with Crippen molar-refractivity contribution in [1.29, 1.82) is 0 Å². The van der Waals surface area contributed by atoms with Gasteiger partial charge in [0.1, 0.15) is 6.04 Å². The van der Waals surface area contributed by atoms with Crippen LogP contribution in [0.1, 0.15) is 5.56 Å². The van der Waals surface area contributed by atoms with Crippen molar-refractivity contribution in [3.05, 3.63) is 48.0 Å². The molecule has 1 atom stereocenters. The van der Waals surface area contributed by atoms with E-state index in [4.69, 9.17) is 0 Å². The second kappa shape index (κ2) is 5.91. The molecule has 2 aliphatic rings. The highest BCUT2D eigenvalue weighted by Crippen LogP contribution is 2.21. The standard InChI is InChI=1S/C19H21N3O2/c1-20-13-18(23)22-9-8-21(12-17(22)19(20)24)11-14-6-7-15-4-2-3-5-16(15)10-14/h2-7,10,17H,8-9,11-13H2,1H3. The Kier molecular flexibility index (Phi) is 3.73. The molecule has 2 aliphatic heterocycles. The Morgan fingerprint density at radius 1 is 1.04 bits per heavy atom. The van der Waals surface area contributed by atoms with E-state index in [0.717, 1.165) is 13.1 Å². The number of rotatable bonds is 2. The molecule has 2 heterocycles. The highest BCUT2D eigenvalue weighted by atomic mass is 16.2. The Balaban J connectivity index is 1.51. The van der Waals surface area contributed by atoms with Gasteiger partial charge in [-0.1, -0.05) is 36.4 Å². The van der Waals surface area contributed by atoms with Crippen molar-refractivity contribution in [2.45, 2.75) is 12.6 Å². The van der Waals surface area contributed by atoms with Crippen LogP contribution in [0.5, 0.6) is 0 Å². The van der Waals surface area contributed by atoms with E-state index >= 15 is 0 Å². The van der Waals surface area contributed by atoms with Crippen LogP contribution in [0.3, 0.4) is 0 Å². The number of carbonyl (C=O) groups excluding carboxylic acids is 2. The van der Waals surface area contributed by atoms with Gasteiger partial charge in [-0.25, -0.2) is 0 Å². The largest absolute Gasteiger partial charge is 0.335 e. The summed E-state index contributed by atoms with van der Waals surface area (Å²) < 4.78 is 0. The molecule has 0 saturated carbocycles. The summed E-state index contributed by atoms with van der Waals surface area (Å²) in [6, 6.07) is 14.5. The second-order valence-corrected chi connectivity index (χ2v) is 6.71. The summed E-state index contributed by atoms with van der Waals surface area (Å²) >= 11 is 0. The summed E-state index contributed by atoms with van der Waals surface area (Å²) in [7, 11) is 1.71. The number of piperazine rings is 2. The van der Waals surface area contributed by atoms with Gasteiger partial charge in [0.25, 0.3) is 0 Å². The fourth-order valence-electron chi connectivity index (χ4n) is 3.71. The lowest BCUT2D eigenvalue weighted by molar-refractivity contribution is -0.158. The molecule has 2 aromatic carbocycles. The van der Waals surface area contributed by atoms with E-state index in [9.17, 15) is 9.59 Å². The molecule has 2 saturated heterocycles. The maximum Gasteiger partial charge on any atom is 0.246 e. The van der Waals surface area contributed by atoms with Crippen LogP contribution in [0, 0.1) is 0 Å². The van der Waals surface area contributed by atoms with E-state index in [1.807, 2.05) is 12.1 Å². The first-order valence-electron chi connectivity index (χ1n) is 8.36. The molecule has 4 rings (SSSR count). The molecule has 5 heteroatoms. The molecule has 0 radical (unpaired) electrons. The molecule has 2 aromatic rings. The van der Waals surface area contributed by atoms with Crippen LogP contribution in [0.2, 0.25) is 0 Å². The third kappa shape index (κ3) is 2.65. The predicted molar refractivity (Wildman–Crippen MR) is 92.4 cm³/mol. The average Bonchev–Trinajstić information content (AvgIpc) is 2.59. The number of carbonyl (C=O) groups is 2. The third-order valence-electron chi connectivity index (χ3n) is 5.04. The normalized spacial score (nSPS) is 22.1. The minimum atomic E-state index is -0.328. The highest BCUT2D eigenvalue weighted by molar-refractivity contribution is 5.95. The molecule has 0 aromatic heterocycles. The first-order valence-corrected chi connectivity index (χ1v) is 8.36. The summed E-state index contributed by atoms with van der Waals surface area (Å²) in [5.41, 5.74) is 1.24. The van der Waals surface area contributed by atoms with Crippen LogP contribution in [0.4, 0.5) is 0 Å². The van der Waals surface area contributed by atoms with Crippen LogP contribution < -0.4 is 0 Å². The van der Waals surface area contributed by atoms with Gasteiger partial charge in [0, 0.05) is 33.2 Å². The number of hydrogen-bond acceptors (Lipinski definition) is 3. The van der Waals surface area contributed by atoms with Gasteiger partial charge < -0.3 is 9.80 Å². The van der Waals surface area contributed by atoms with Gasteiger partial charge in [-0.05, 0) is 22.4 Å². The molecular formula is C19H21N3O2. The van der Waals surface area contributed by atoms with Gasteiger partial charge in [-0.2, -0.15) is 0 Å². The minimum Gasteiger partial charge on any atom is -0.335 e. The van der Waals surface area contributed by atoms with Crippen LogP contribution in [0.15, 0.2) is 42.5 Å². The molecule has 2 fully saturated rings. The fourth-order valence-corrected chi connectivity index (χ4v) is 3.71. The van der Waals surface area contributed by atoms with Gasteiger partial charge in [0.2, 0.25) is 11.8 Å². The van der Waals surface area contributed by atoms with Crippen LogP contribution >= 0.6 is 0 Å². The molecule has 0 aliphatic carbocycles. The first kappa shape index (κ1) is 15.1. The van der Waals surface area contributed by atoms with Gasteiger partial charge in [-0.15, -0.1) is 0 Å². The van der Waals surface area contributed by atoms with E-state index in [1.54, 1.807) is 16.8 Å². The Labute approximate surface area is 141 Å². The smallest absolute Gasteiger partial charge is 0.246 e. The van der Waals surface area contributed by atoms with Crippen molar-refractivity contribution < 1.29 is 9.59 Å². The van der Waals surface area contributed by atoms with Crippen LogP contribution in [-0.4, -0.2) is 65.8 Å². The number of amides is 2. The summed E-state index contributed by atoms with van der Waals surface area (Å²) in [6.45, 7) is 3.07. The Morgan fingerprint density at radius 3 is 2.67 bits per heavy atom. The molecule has 0 spiro atoms. The van der Waals surface area contributed by atoms with Crippen molar-refractivity contribution in [2.75, 3.05) is 33.2 Å². The summed E-state index contributed by atoms with van der Waals surface area (Å²) in [5, 5.41) is 2.47. The van der Waals surface area contributed by atoms with Gasteiger partial charge >= 0.3 is 0 Å². The Morgan fingerprint density at radius 2 is 1.83 bits per heavy atom. The maximum absolute atomic E-state index is 12.4. The van der Waals surface area contributed by atoms with Crippen molar-refractivity contribution >= 4 is 22.6 Å². The molecule has 24 heavy (non-hydrogen) atoms. The highest BCUT2D eigenvalue weighted by Gasteiger charge is 2.41. The predicted octanol–water partition coefficient (Wildman–Crippen LogP) is 1.32. The zero-order chi connectivity index (χ0) is 16.7. The number of likely N-dealkylation sites (N-methyl/N-ethyl adjacent to an activating group) is 1. The zero-order valence-corrected chi connectivity index (χ0v) is 13.8. The summed E-state index contributed by atoms with van der Waals surface area (Å²) in [5.74, 6) is 0.116. The second-order valence-electron chi connectivity index (χ2n) is 6.71. The molecule has 1 unspecified atom stereocenters. The minimum absolute atomic E-state index is 0.0535. The van der Waals surface area contributed by atoms with Crippen molar-refractivity contribution in [1.82, 2.24) is 14.7 Å². The lowest BCUT2D eigenvalue weighted by atomic mass is 10.0. The molecule has 0 bridgehead atoms.